The van der Waals surface area contributed by atoms with E-state index in [-0.39, 0.29) is 67.0 Å². The van der Waals surface area contributed by atoms with E-state index in [1.807, 2.05) is 31.2 Å². The predicted molar refractivity (Wildman–Crippen MR) is 279 cm³/mol. The van der Waals surface area contributed by atoms with E-state index in [0.717, 1.165) is 33.8 Å². The largest absolute Gasteiger partial charge is 0.480 e. The SMILES string of the molecule is COc1ncc(-c2ccc3ncc(-c4nnc(-c5ccccc5C(=O)NCCC(=O)N[C@H](C(=O)N5C[C@H](O)C[C@H]5C(=O)NCc5ccc(-c6scnc6C)cc5)C(C)(C)C)o4)n3c2)cc1NS(=O)(=O)c1ccc(F)cc1F. The third-order valence-electron chi connectivity index (χ3n) is 12.7. The van der Waals surface area contributed by atoms with Crippen LogP contribution in [-0.4, -0.2) is 110 Å². The highest BCUT2D eigenvalue weighted by Gasteiger charge is 2.44. The van der Waals surface area contributed by atoms with Gasteiger partial charge in [-0.25, -0.2) is 32.2 Å². The number of thiazole rings is 1. The van der Waals surface area contributed by atoms with Crippen LogP contribution in [0.3, 0.4) is 0 Å². The average Bonchev–Trinajstić information content (AvgIpc) is 4.24. The van der Waals surface area contributed by atoms with Crippen molar-refractivity contribution in [2.45, 2.75) is 70.2 Å². The van der Waals surface area contributed by atoms with Crippen LogP contribution in [0.4, 0.5) is 14.5 Å². The zero-order chi connectivity index (χ0) is 54.8. The number of anilines is 1. The van der Waals surface area contributed by atoms with Gasteiger partial charge in [0.25, 0.3) is 21.8 Å². The summed E-state index contributed by atoms with van der Waals surface area (Å²) in [4.78, 5) is 69.5. The maximum atomic E-state index is 14.5. The lowest BCUT2D eigenvalue weighted by molar-refractivity contribution is -0.144. The Morgan fingerprint density at radius 2 is 1.66 bits per heavy atom. The summed E-state index contributed by atoms with van der Waals surface area (Å²) in [6, 6.07) is 19.1. The van der Waals surface area contributed by atoms with Gasteiger partial charge in [0.2, 0.25) is 29.5 Å². The average molecular weight is 1090 g/mol. The van der Waals surface area contributed by atoms with Gasteiger partial charge in [0.05, 0.1) is 46.6 Å². The Morgan fingerprint density at radius 1 is 0.909 bits per heavy atom. The molecule has 9 rings (SSSR count). The molecular formula is C53H51F2N11O9S2. The van der Waals surface area contributed by atoms with E-state index in [4.69, 9.17) is 9.15 Å². The Bertz CT molecular complexity index is 3660. The Kier molecular flexibility index (Phi) is 15.2. The van der Waals surface area contributed by atoms with E-state index < -0.39 is 73.8 Å². The summed E-state index contributed by atoms with van der Waals surface area (Å²) >= 11 is 1.54. The summed E-state index contributed by atoms with van der Waals surface area (Å²) in [6.45, 7) is 7.27. The van der Waals surface area contributed by atoms with Gasteiger partial charge in [-0.1, -0.05) is 57.2 Å². The zero-order valence-corrected chi connectivity index (χ0v) is 43.7. The van der Waals surface area contributed by atoms with Crippen molar-refractivity contribution in [3.8, 4) is 50.5 Å². The molecule has 0 unspecified atom stereocenters. The van der Waals surface area contributed by atoms with Crippen LogP contribution < -0.4 is 25.4 Å². The summed E-state index contributed by atoms with van der Waals surface area (Å²) in [5.74, 6) is -4.37. The maximum absolute atomic E-state index is 14.5. The molecular weight excluding hydrogens is 1040 g/mol. The molecule has 1 aliphatic heterocycles. The number of nitrogens with one attached hydrogen (secondary N) is 4. The molecule has 24 heteroatoms. The van der Waals surface area contributed by atoms with Gasteiger partial charge in [0.1, 0.15) is 45.6 Å². The van der Waals surface area contributed by atoms with E-state index in [1.165, 1.54) is 30.5 Å². The number of pyridine rings is 2. The highest BCUT2D eigenvalue weighted by Crippen LogP contribution is 2.34. The topological polar surface area (TPSA) is 265 Å². The minimum atomic E-state index is -4.55. The molecule has 77 heavy (non-hydrogen) atoms. The molecule has 1 fully saturated rings. The van der Waals surface area contributed by atoms with Gasteiger partial charge < -0.3 is 35.1 Å². The number of hydrogen-bond donors (Lipinski definition) is 5. The molecule has 6 heterocycles. The fraction of sp³-hybridized carbons (Fsp3) is 0.264. The van der Waals surface area contributed by atoms with E-state index in [9.17, 15) is 41.5 Å². The number of aryl methyl sites for hydroxylation is 1. The molecule has 3 atom stereocenters. The van der Waals surface area contributed by atoms with Crippen molar-refractivity contribution in [3.05, 3.63) is 137 Å². The predicted octanol–water partition coefficient (Wildman–Crippen LogP) is 6.56. The number of imidazole rings is 1. The third-order valence-corrected chi connectivity index (χ3v) is 15.1. The molecule has 1 aliphatic rings. The zero-order valence-electron chi connectivity index (χ0n) is 42.1. The van der Waals surface area contributed by atoms with Gasteiger partial charge in [0.15, 0.2) is 0 Å². The van der Waals surface area contributed by atoms with Crippen molar-refractivity contribution in [2.24, 2.45) is 5.41 Å². The van der Waals surface area contributed by atoms with Gasteiger partial charge in [0, 0.05) is 62.1 Å². The van der Waals surface area contributed by atoms with Crippen molar-refractivity contribution in [1.29, 1.82) is 0 Å². The first-order valence-electron chi connectivity index (χ1n) is 24.0. The lowest BCUT2D eigenvalue weighted by Gasteiger charge is -2.35. The summed E-state index contributed by atoms with van der Waals surface area (Å²) in [5, 5.41) is 27.6. The van der Waals surface area contributed by atoms with Gasteiger partial charge in [-0.3, -0.25) is 28.3 Å². The monoisotopic (exact) mass is 1090 g/mol. The minimum absolute atomic E-state index is 0.00877. The molecule has 3 aromatic carbocycles. The van der Waals surface area contributed by atoms with Crippen LogP contribution in [0, 0.1) is 24.0 Å². The Morgan fingerprint density at radius 3 is 2.39 bits per heavy atom. The standard InChI is InChI=1S/C53H51F2N11O9S2/c1-29-45(76-28-60-29)31-12-10-30(11-13-31)23-58-48(70)40-22-35(67)27-66(40)52(71)46(53(2,3)4)61-44(68)18-19-56-47(69)36-8-6-7-9-37(36)49-62-63-51(75-49)41-25-57-43-17-14-32(26-65(41)43)33-20-39(50(74-5)59-24-33)64-77(72,73)42-16-15-34(54)21-38(42)55/h6-17,20-21,24-26,28,35,40,46,64,67H,18-19,22-23,27H2,1-5H3,(H,56,69)(H,58,70)(H,61,68)/t35-,40+,46-/m1/s1. The van der Waals surface area contributed by atoms with Crippen LogP contribution in [0.1, 0.15) is 55.2 Å². The van der Waals surface area contributed by atoms with Gasteiger partial charge in [-0.15, -0.1) is 21.5 Å². The molecule has 0 radical (unpaired) electrons. The summed E-state index contributed by atoms with van der Waals surface area (Å²) in [5.41, 5.74) is 5.85. The number of carbonyl (C=O) groups excluding carboxylic acids is 4. The highest BCUT2D eigenvalue weighted by molar-refractivity contribution is 7.92. The molecule has 1 saturated heterocycles. The molecule has 4 amide bonds. The second-order valence-corrected chi connectivity index (χ2v) is 21.7. The van der Waals surface area contributed by atoms with E-state index in [1.54, 1.807) is 84.6 Å². The van der Waals surface area contributed by atoms with Crippen LogP contribution >= 0.6 is 11.3 Å². The normalized spacial score (nSPS) is 15.0. The Hall–Kier alpha value is -8.48. The van der Waals surface area contributed by atoms with Crippen LogP contribution in [0.2, 0.25) is 0 Å². The first-order valence-corrected chi connectivity index (χ1v) is 26.4. The molecule has 0 aliphatic carbocycles. The number of β-amino-alcohol motifs (C(OH)–C–C–N with tert-alkyl or cyclic N) is 1. The number of methoxy groups -OCH3 is 1. The lowest BCUT2D eigenvalue weighted by atomic mass is 9.85. The molecule has 0 saturated carbocycles. The molecule has 5 N–H and O–H groups in total. The maximum Gasteiger partial charge on any atom is 0.266 e. The highest BCUT2D eigenvalue weighted by atomic mass is 32.2. The Labute approximate surface area is 444 Å². The molecule has 5 aromatic heterocycles. The van der Waals surface area contributed by atoms with Crippen molar-refractivity contribution < 1.29 is 50.6 Å². The number of carbonyl (C=O) groups is 4. The smallest absolute Gasteiger partial charge is 0.266 e. The number of aliphatic hydroxyl groups excluding tert-OH is 1. The van der Waals surface area contributed by atoms with Crippen molar-refractivity contribution in [3.63, 3.8) is 0 Å². The van der Waals surface area contributed by atoms with Gasteiger partial charge in [-0.2, -0.15) is 0 Å². The number of aliphatic hydroxyl groups is 1. The first kappa shape index (κ1) is 53.3. The molecule has 0 spiro atoms. The number of aromatic nitrogens is 6. The molecule has 8 aromatic rings. The number of likely N-dealkylation sites (tertiary alicyclic amines) is 1. The van der Waals surface area contributed by atoms with E-state index in [0.29, 0.717) is 28.5 Å². The first-order chi connectivity index (χ1) is 36.8. The van der Waals surface area contributed by atoms with Crippen molar-refractivity contribution in [1.82, 2.24) is 50.4 Å². The van der Waals surface area contributed by atoms with Gasteiger partial charge >= 0.3 is 0 Å². The quantitative estimate of drug-likeness (QED) is 0.0647. The number of ether oxygens (including phenoxy) is 1. The number of halogens is 2. The number of amides is 4. The lowest BCUT2D eigenvalue weighted by Crippen LogP contribution is -2.57. The summed E-state index contributed by atoms with van der Waals surface area (Å²) in [7, 11) is -3.27. The molecule has 0 bridgehead atoms. The summed E-state index contributed by atoms with van der Waals surface area (Å²) < 4.78 is 69.8. The fourth-order valence-electron chi connectivity index (χ4n) is 8.75. The van der Waals surface area contributed by atoms with Crippen LogP contribution in [-0.2, 0) is 31.0 Å². The van der Waals surface area contributed by atoms with Crippen LogP contribution in [0.25, 0.3) is 50.3 Å². The minimum Gasteiger partial charge on any atom is -0.480 e. The number of hydrogen-bond acceptors (Lipinski definition) is 15. The number of nitrogens with zero attached hydrogens (tertiary/aromatic N) is 7. The fourth-order valence-corrected chi connectivity index (χ4v) is 10.7. The molecule has 398 valence electrons. The van der Waals surface area contributed by atoms with Crippen LogP contribution in [0.15, 0.2) is 118 Å². The summed E-state index contributed by atoms with van der Waals surface area (Å²) in [6.07, 6.45) is 3.48. The van der Waals surface area contributed by atoms with Gasteiger partial charge in [-0.05, 0) is 65.9 Å². The van der Waals surface area contributed by atoms with E-state index >= 15 is 0 Å². The van der Waals surface area contributed by atoms with Crippen molar-refractivity contribution >= 4 is 56.3 Å². The number of sulfonamides is 1. The number of rotatable bonds is 17. The Balaban J connectivity index is 0.833. The van der Waals surface area contributed by atoms with Crippen LogP contribution in [0.5, 0.6) is 5.88 Å². The van der Waals surface area contributed by atoms with Crippen molar-refractivity contribution in [2.75, 3.05) is 24.9 Å². The number of benzene rings is 3. The second kappa shape index (κ2) is 22.0. The molecule has 20 nitrogen and oxygen atoms in total. The van der Waals surface area contributed by atoms with E-state index in [2.05, 4.69) is 45.8 Å². The second-order valence-electron chi connectivity index (χ2n) is 19.2. The number of fused-ring (bicyclic) bond motifs is 1. The third kappa shape index (κ3) is 11.7.